The van der Waals surface area contributed by atoms with Crippen LogP contribution in [0.25, 0.3) is 0 Å². The first kappa shape index (κ1) is 25.4. The van der Waals surface area contributed by atoms with Gasteiger partial charge in [-0.25, -0.2) is 0 Å². The van der Waals surface area contributed by atoms with Gasteiger partial charge in [0.05, 0.1) is 63.2 Å². The van der Waals surface area contributed by atoms with Crippen molar-refractivity contribution in [2.75, 3.05) is 26.3 Å². The van der Waals surface area contributed by atoms with Crippen molar-refractivity contribution >= 4 is 23.6 Å². The Bertz CT molecular complexity index is 1300. The molecule has 4 fully saturated rings. The molecule has 0 N–H and O–H groups in total. The molecule has 8 atom stereocenters. The molecule has 0 unspecified atom stereocenters. The second kappa shape index (κ2) is 10.1. The van der Waals surface area contributed by atoms with Gasteiger partial charge in [0.1, 0.15) is 0 Å². The number of amides is 4. The Labute approximate surface area is 232 Å². The zero-order valence-electron chi connectivity index (χ0n) is 22.1. The average Bonchev–Trinajstić information content (AvgIpc) is 3.34. The van der Waals surface area contributed by atoms with Gasteiger partial charge in [-0.2, -0.15) is 0 Å². The van der Waals surface area contributed by atoms with Gasteiger partial charge in [-0.1, -0.05) is 72.8 Å². The Morgan fingerprint density at radius 2 is 0.900 bits per heavy atom. The zero-order valence-corrected chi connectivity index (χ0v) is 22.1. The quantitative estimate of drug-likeness (QED) is 0.261. The number of rotatable bonds is 10. The highest BCUT2D eigenvalue weighted by atomic mass is 16.5. The number of allylic oxidation sites excluding steroid dienone is 2. The number of carbonyl (C=O) groups excluding carboxylic acids is 4. The number of ether oxygens (including phenoxy) is 2. The Morgan fingerprint density at radius 1 is 0.525 bits per heavy atom. The van der Waals surface area contributed by atoms with E-state index in [2.05, 4.69) is 0 Å². The van der Waals surface area contributed by atoms with Crippen LogP contribution < -0.4 is 0 Å². The van der Waals surface area contributed by atoms with Crippen molar-refractivity contribution in [3.8, 4) is 0 Å². The van der Waals surface area contributed by atoms with Crippen molar-refractivity contribution in [1.29, 1.82) is 0 Å². The molecule has 8 nitrogen and oxygen atoms in total. The van der Waals surface area contributed by atoms with Crippen molar-refractivity contribution < 1.29 is 28.7 Å². The largest absolute Gasteiger partial charge is 0.375 e. The highest BCUT2D eigenvalue weighted by Crippen LogP contribution is 2.68. The fraction of sp³-hybridized carbons (Fsp3) is 0.438. The second-order valence-corrected chi connectivity index (χ2v) is 11.5. The third-order valence-electron chi connectivity index (χ3n) is 9.67. The van der Waals surface area contributed by atoms with Crippen LogP contribution in [0.4, 0.5) is 0 Å². The maximum Gasteiger partial charge on any atom is 0.233 e. The maximum absolute atomic E-state index is 13.5. The highest BCUT2D eigenvalue weighted by molar-refractivity contribution is 6.09. The van der Waals surface area contributed by atoms with E-state index < -0.39 is 23.7 Å². The first-order valence-corrected chi connectivity index (χ1v) is 14.2. The van der Waals surface area contributed by atoms with Gasteiger partial charge < -0.3 is 9.47 Å². The molecule has 2 aromatic carbocycles. The smallest absolute Gasteiger partial charge is 0.233 e. The van der Waals surface area contributed by atoms with E-state index in [1.54, 1.807) is 0 Å². The third-order valence-corrected chi connectivity index (χ3v) is 9.67. The molecule has 8 heteroatoms. The summed E-state index contributed by atoms with van der Waals surface area (Å²) in [6.07, 6.45) is 4.07. The van der Waals surface area contributed by atoms with Crippen molar-refractivity contribution in [2.24, 2.45) is 47.3 Å². The van der Waals surface area contributed by atoms with Crippen LogP contribution in [0, 0.1) is 47.3 Å². The van der Waals surface area contributed by atoms with Crippen molar-refractivity contribution in [1.82, 2.24) is 9.80 Å². The Balaban J connectivity index is 0.993. The van der Waals surface area contributed by atoms with Gasteiger partial charge in [0, 0.05) is 0 Å². The number of nitrogens with zero attached hydrogens (tertiary/aromatic N) is 2. The Morgan fingerprint density at radius 3 is 1.30 bits per heavy atom. The number of carbonyl (C=O) groups is 4. The summed E-state index contributed by atoms with van der Waals surface area (Å²) in [5.74, 6) is -2.89. The predicted molar refractivity (Wildman–Crippen MR) is 143 cm³/mol. The molecule has 0 aromatic heterocycles. The first-order chi connectivity index (χ1) is 19.6. The molecule has 4 aliphatic carbocycles. The molecule has 2 heterocycles. The van der Waals surface area contributed by atoms with E-state index in [-0.39, 0.29) is 73.6 Å². The summed E-state index contributed by atoms with van der Waals surface area (Å²) in [6.45, 7) is 1.82. The zero-order chi connectivity index (χ0) is 27.4. The molecular formula is C32H32N2O6. The minimum Gasteiger partial charge on any atom is -0.375 e. The number of fused-ring (bicyclic) bond motifs is 1. The van der Waals surface area contributed by atoms with E-state index in [0.29, 0.717) is 13.2 Å². The summed E-state index contributed by atoms with van der Waals surface area (Å²) >= 11 is 0. The molecule has 2 aliphatic heterocycles. The van der Waals surface area contributed by atoms with Crippen LogP contribution in [0.2, 0.25) is 0 Å². The molecule has 8 rings (SSSR count). The lowest BCUT2D eigenvalue weighted by Crippen LogP contribution is -2.63. The molecule has 0 spiro atoms. The van der Waals surface area contributed by atoms with E-state index in [1.165, 1.54) is 9.80 Å². The SMILES string of the molecule is O=C1[C@H]2[C@H]3C=C[C@@H]([C@@H]2C(=O)N1CCOCc1ccccc1)[C@H]1[C@H]2C(=O)N(CCOCc4ccccc4)C(=O)[C@@H]2[C@H]31. The number of hydrogen-bond acceptors (Lipinski definition) is 6. The van der Waals surface area contributed by atoms with Crippen LogP contribution in [-0.2, 0) is 41.9 Å². The van der Waals surface area contributed by atoms with Crippen LogP contribution in [0.15, 0.2) is 72.8 Å². The average molecular weight is 541 g/mol. The van der Waals surface area contributed by atoms with Gasteiger partial charge in [0.2, 0.25) is 23.6 Å². The summed E-state index contributed by atoms with van der Waals surface area (Å²) in [5.41, 5.74) is 2.07. The summed E-state index contributed by atoms with van der Waals surface area (Å²) in [5, 5.41) is 0. The van der Waals surface area contributed by atoms with Gasteiger partial charge in [-0.05, 0) is 34.8 Å². The first-order valence-electron chi connectivity index (χ1n) is 14.2. The molecule has 206 valence electrons. The maximum atomic E-state index is 13.5. The van der Waals surface area contributed by atoms with Gasteiger partial charge in [-0.3, -0.25) is 29.0 Å². The van der Waals surface area contributed by atoms with Crippen molar-refractivity contribution in [3.63, 3.8) is 0 Å². The lowest BCUT2D eigenvalue weighted by atomic mass is 9.40. The third kappa shape index (κ3) is 3.88. The molecule has 2 bridgehead atoms. The van der Waals surface area contributed by atoms with Gasteiger partial charge >= 0.3 is 0 Å². The van der Waals surface area contributed by atoms with Crippen LogP contribution >= 0.6 is 0 Å². The second-order valence-electron chi connectivity index (χ2n) is 11.5. The van der Waals surface area contributed by atoms with Crippen molar-refractivity contribution in [3.05, 3.63) is 83.9 Å². The van der Waals surface area contributed by atoms with E-state index in [1.807, 2.05) is 72.8 Å². The standard InChI is InChI=1S/C32H32N2O6/c35-29-25-21-11-12-22(26(25)30(36)33(29)13-15-39-17-19-7-3-1-4-8-19)24-23(21)27-28(24)32(38)34(31(27)37)14-16-40-18-20-9-5-2-6-10-20/h1-12,21-28H,13-18H2/t21-,22+,23-,24-,25+,26+,27-,28-/m1/s1. The summed E-state index contributed by atoms with van der Waals surface area (Å²) in [4.78, 5) is 56.6. The lowest BCUT2D eigenvalue weighted by Gasteiger charge is -2.60. The minimum absolute atomic E-state index is 0.0704. The van der Waals surface area contributed by atoms with E-state index in [4.69, 9.17) is 9.47 Å². The fourth-order valence-corrected chi connectivity index (χ4v) is 8.01. The molecule has 2 saturated carbocycles. The van der Waals surface area contributed by atoms with Gasteiger partial charge in [0.15, 0.2) is 0 Å². The Hall–Kier alpha value is -3.62. The summed E-state index contributed by atoms with van der Waals surface area (Å²) in [7, 11) is 0. The van der Waals surface area contributed by atoms with Gasteiger partial charge in [0.25, 0.3) is 0 Å². The number of hydrogen-bond donors (Lipinski definition) is 0. The van der Waals surface area contributed by atoms with Crippen LogP contribution in [-0.4, -0.2) is 59.7 Å². The van der Waals surface area contributed by atoms with Crippen LogP contribution in [0.5, 0.6) is 0 Å². The summed E-state index contributed by atoms with van der Waals surface area (Å²) < 4.78 is 11.5. The van der Waals surface area contributed by atoms with Crippen molar-refractivity contribution in [2.45, 2.75) is 13.2 Å². The number of likely N-dealkylation sites (tertiary alicyclic amines) is 2. The van der Waals surface area contributed by atoms with Crippen LogP contribution in [0.3, 0.4) is 0 Å². The molecule has 40 heavy (non-hydrogen) atoms. The van der Waals surface area contributed by atoms with E-state index in [0.717, 1.165) is 11.1 Å². The predicted octanol–water partition coefficient (Wildman–Crippen LogP) is 2.68. The molecule has 2 aromatic rings. The lowest BCUT2D eigenvalue weighted by molar-refractivity contribution is -0.166. The minimum atomic E-state index is -0.454. The molecule has 2 saturated heterocycles. The topological polar surface area (TPSA) is 93.2 Å². The number of benzene rings is 2. The normalized spacial score (nSPS) is 33.3. The highest BCUT2D eigenvalue weighted by Gasteiger charge is 2.74. The molecule has 0 radical (unpaired) electrons. The van der Waals surface area contributed by atoms with Crippen LogP contribution in [0.1, 0.15) is 11.1 Å². The van der Waals surface area contributed by atoms with Gasteiger partial charge in [-0.15, -0.1) is 0 Å². The van der Waals surface area contributed by atoms with E-state index >= 15 is 0 Å². The fourth-order valence-electron chi connectivity index (χ4n) is 8.01. The molecule has 4 amide bonds. The molecule has 6 aliphatic rings. The summed E-state index contributed by atoms with van der Waals surface area (Å²) in [6, 6.07) is 19.5. The Kier molecular flexibility index (Phi) is 6.40. The number of imide groups is 2. The molecular weight excluding hydrogens is 508 g/mol. The monoisotopic (exact) mass is 540 g/mol. The van der Waals surface area contributed by atoms with E-state index in [9.17, 15) is 19.2 Å².